The van der Waals surface area contributed by atoms with Crippen molar-refractivity contribution in [3.05, 3.63) is 0 Å². The Balaban J connectivity index is 2.00. The molecular formula is C11H20N2O. The first-order valence-corrected chi connectivity index (χ1v) is 5.59. The number of hydrogen-bond acceptors (Lipinski definition) is 2. The highest BCUT2D eigenvalue weighted by Crippen LogP contribution is 2.32. The molecule has 0 radical (unpaired) electrons. The van der Waals surface area contributed by atoms with Crippen LogP contribution in [0.1, 0.15) is 33.1 Å². The lowest BCUT2D eigenvalue weighted by Crippen LogP contribution is -2.46. The molecule has 3 nitrogen and oxygen atoms in total. The third-order valence-corrected chi connectivity index (χ3v) is 3.26. The molecule has 14 heavy (non-hydrogen) atoms. The summed E-state index contributed by atoms with van der Waals surface area (Å²) >= 11 is 0. The van der Waals surface area contributed by atoms with Gasteiger partial charge >= 0.3 is 0 Å². The minimum Gasteiger partial charge on any atom is -0.338 e. The van der Waals surface area contributed by atoms with E-state index in [2.05, 4.69) is 24.1 Å². The van der Waals surface area contributed by atoms with E-state index >= 15 is 0 Å². The summed E-state index contributed by atoms with van der Waals surface area (Å²) in [4.78, 5) is 13.9. The van der Waals surface area contributed by atoms with Crippen molar-refractivity contribution in [2.45, 2.75) is 39.2 Å². The summed E-state index contributed by atoms with van der Waals surface area (Å²) < 4.78 is 0. The molecule has 0 aromatic heterocycles. The second-order valence-corrected chi connectivity index (χ2v) is 5.36. The van der Waals surface area contributed by atoms with Crippen LogP contribution in [-0.2, 0) is 4.79 Å². The summed E-state index contributed by atoms with van der Waals surface area (Å²) in [6.07, 6.45) is 3.10. The SMILES string of the molecule is CC1(C)CC(=O)N([C@H]2CCCNC2)C1. The van der Waals surface area contributed by atoms with Crippen LogP contribution < -0.4 is 5.32 Å². The highest BCUT2D eigenvalue weighted by molar-refractivity contribution is 5.79. The molecule has 0 saturated carbocycles. The Labute approximate surface area is 85.8 Å². The highest BCUT2D eigenvalue weighted by atomic mass is 16.2. The summed E-state index contributed by atoms with van der Waals surface area (Å²) in [6.45, 7) is 7.41. The van der Waals surface area contributed by atoms with Crippen LogP contribution in [0.3, 0.4) is 0 Å². The van der Waals surface area contributed by atoms with Crippen molar-refractivity contribution in [3.63, 3.8) is 0 Å². The fourth-order valence-electron chi connectivity index (χ4n) is 2.55. The number of piperidine rings is 1. The normalized spacial score (nSPS) is 32.3. The molecule has 0 aliphatic carbocycles. The topological polar surface area (TPSA) is 32.3 Å². The average Bonchev–Trinajstić information content (AvgIpc) is 2.41. The fourth-order valence-corrected chi connectivity index (χ4v) is 2.55. The van der Waals surface area contributed by atoms with Crippen LogP contribution in [0.2, 0.25) is 0 Å². The maximum absolute atomic E-state index is 11.8. The molecule has 0 unspecified atom stereocenters. The smallest absolute Gasteiger partial charge is 0.223 e. The van der Waals surface area contributed by atoms with Crippen LogP contribution in [-0.4, -0.2) is 36.5 Å². The van der Waals surface area contributed by atoms with Crippen molar-refractivity contribution < 1.29 is 4.79 Å². The number of likely N-dealkylation sites (tertiary alicyclic amines) is 1. The minimum absolute atomic E-state index is 0.189. The number of carbonyl (C=O) groups excluding carboxylic acids is 1. The van der Waals surface area contributed by atoms with E-state index in [4.69, 9.17) is 0 Å². The van der Waals surface area contributed by atoms with E-state index in [0.717, 1.165) is 26.1 Å². The molecule has 2 heterocycles. The standard InChI is InChI=1S/C11H20N2O/c1-11(2)6-10(14)13(8-11)9-4-3-5-12-7-9/h9,12H,3-8H2,1-2H3/t9-/m0/s1. The molecule has 2 rings (SSSR count). The quantitative estimate of drug-likeness (QED) is 0.678. The van der Waals surface area contributed by atoms with Crippen LogP contribution in [0, 0.1) is 5.41 Å². The van der Waals surface area contributed by atoms with Gasteiger partial charge in [0.05, 0.1) is 0 Å². The zero-order valence-corrected chi connectivity index (χ0v) is 9.18. The first kappa shape index (κ1) is 9.97. The number of nitrogens with one attached hydrogen (secondary N) is 1. The largest absolute Gasteiger partial charge is 0.338 e. The first-order chi connectivity index (χ1) is 6.58. The average molecular weight is 196 g/mol. The number of amides is 1. The second kappa shape index (κ2) is 3.54. The lowest BCUT2D eigenvalue weighted by atomic mass is 9.93. The van der Waals surface area contributed by atoms with Gasteiger partial charge in [-0.2, -0.15) is 0 Å². The Hall–Kier alpha value is -0.570. The van der Waals surface area contributed by atoms with Gasteiger partial charge in [-0.3, -0.25) is 4.79 Å². The molecule has 2 aliphatic rings. The van der Waals surface area contributed by atoms with Crippen molar-refractivity contribution in [1.82, 2.24) is 10.2 Å². The molecule has 0 spiro atoms. The number of nitrogens with zero attached hydrogens (tertiary/aromatic N) is 1. The predicted molar refractivity (Wildman–Crippen MR) is 56.0 cm³/mol. The van der Waals surface area contributed by atoms with Gasteiger partial charge in [-0.15, -0.1) is 0 Å². The van der Waals surface area contributed by atoms with Gasteiger partial charge < -0.3 is 10.2 Å². The van der Waals surface area contributed by atoms with E-state index < -0.39 is 0 Å². The van der Waals surface area contributed by atoms with Crippen molar-refractivity contribution in [3.8, 4) is 0 Å². The Kier molecular flexibility index (Phi) is 2.52. The Morgan fingerprint density at radius 3 is 2.79 bits per heavy atom. The van der Waals surface area contributed by atoms with Crippen molar-refractivity contribution in [2.75, 3.05) is 19.6 Å². The van der Waals surface area contributed by atoms with Crippen LogP contribution in [0.4, 0.5) is 0 Å². The fraction of sp³-hybridized carbons (Fsp3) is 0.909. The summed E-state index contributed by atoms with van der Waals surface area (Å²) in [7, 11) is 0. The van der Waals surface area contributed by atoms with Crippen molar-refractivity contribution in [1.29, 1.82) is 0 Å². The van der Waals surface area contributed by atoms with E-state index in [-0.39, 0.29) is 5.41 Å². The lowest BCUT2D eigenvalue weighted by molar-refractivity contribution is -0.130. The van der Waals surface area contributed by atoms with E-state index in [1.165, 1.54) is 12.8 Å². The van der Waals surface area contributed by atoms with Crippen LogP contribution in [0.25, 0.3) is 0 Å². The maximum atomic E-state index is 11.8. The molecular weight excluding hydrogens is 176 g/mol. The molecule has 2 saturated heterocycles. The van der Waals surface area contributed by atoms with E-state index in [1.807, 2.05) is 0 Å². The van der Waals surface area contributed by atoms with Gasteiger partial charge in [0.25, 0.3) is 0 Å². The van der Waals surface area contributed by atoms with Crippen LogP contribution >= 0.6 is 0 Å². The predicted octanol–water partition coefficient (Wildman–Crippen LogP) is 0.997. The van der Waals surface area contributed by atoms with Gasteiger partial charge in [0.1, 0.15) is 0 Å². The van der Waals surface area contributed by atoms with Gasteiger partial charge in [-0.1, -0.05) is 13.8 Å². The van der Waals surface area contributed by atoms with E-state index in [0.29, 0.717) is 11.9 Å². The zero-order chi connectivity index (χ0) is 10.2. The van der Waals surface area contributed by atoms with Gasteiger partial charge in [0, 0.05) is 25.6 Å². The van der Waals surface area contributed by atoms with E-state index in [1.54, 1.807) is 0 Å². The molecule has 1 amide bonds. The minimum atomic E-state index is 0.189. The Morgan fingerprint density at radius 1 is 1.50 bits per heavy atom. The monoisotopic (exact) mass is 196 g/mol. The number of hydrogen-bond donors (Lipinski definition) is 1. The van der Waals surface area contributed by atoms with Gasteiger partial charge in [-0.05, 0) is 24.8 Å². The highest BCUT2D eigenvalue weighted by Gasteiger charge is 2.39. The third-order valence-electron chi connectivity index (χ3n) is 3.26. The lowest BCUT2D eigenvalue weighted by Gasteiger charge is -2.32. The second-order valence-electron chi connectivity index (χ2n) is 5.36. The number of carbonyl (C=O) groups is 1. The van der Waals surface area contributed by atoms with Crippen LogP contribution in [0.15, 0.2) is 0 Å². The molecule has 1 N–H and O–H groups in total. The van der Waals surface area contributed by atoms with E-state index in [9.17, 15) is 4.79 Å². The zero-order valence-electron chi connectivity index (χ0n) is 9.18. The molecule has 0 aromatic carbocycles. The molecule has 2 aliphatic heterocycles. The summed E-state index contributed by atoms with van der Waals surface area (Å²) in [5.74, 6) is 0.351. The molecule has 80 valence electrons. The van der Waals surface area contributed by atoms with Crippen LogP contribution in [0.5, 0.6) is 0 Å². The molecule has 1 atom stereocenters. The summed E-state index contributed by atoms with van der Waals surface area (Å²) in [6, 6.07) is 0.457. The first-order valence-electron chi connectivity index (χ1n) is 5.59. The summed E-state index contributed by atoms with van der Waals surface area (Å²) in [5, 5.41) is 3.37. The third kappa shape index (κ3) is 1.92. The van der Waals surface area contributed by atoms with Gasteiger partial charge in [0.15, 0.2) is 0 Å². The maximum Gasteiger partial charge on any atom is 0.223 e. The molecule has 2 fully saturated rings. The van der Waals surface area contributed by atoms with Crippen molar-refractivity contribution in [2.24, 2.45) is 5.41 Å². The molecule has 0 aromatic rings. The Bertz CT molecular complexity index is 231. The van der Waals surface area contributed by atoms with Crippen molar-refractivity contribution >= 4 is 5.91 Å². The molecule has 0 bridgehead atoms. The molecule has 3 heteroatoms. The van der Waals surface area contributed by atoms with Gasteiger partial charge in [-0.25, -0.2) is 0 Å². The summed E-state index contributed by atoms with van der Waals surface area (Å²) in [5.41, 5.74) is 0.189. The van der Waals surface area contributed by atoms with Gasteiger partial charge in [0.2, 0.25) is 5.91 Å². The Morgan fingerprint density at radius 2 is 2.29 bits per heavy atom. The number of rotatable bonds is 1.